The maximum atomic E-state index is 14.3. The summed E-state index contributed by atoms with van der Waals surface area (Å²) in [6, 6.07) is 9.65. The van der Waals surface area contributed by atoms with Gasteiger partial charge in [-0.25, -0.2) is 0 Å². The highest BCUT2D eigenvalue weighted by Crippen LogP contribution is 2.51. The van der Waals surface area contributed by atoms with Crippen molar-refractivity contribution >= 4 is 11.6 Å². The van der Waals surface area contributed by atoms with Gasteiger partial charge in [0.1, 0.15) is 25.0 Å². The molecule has 2 aliphatic heterocycles. The van der Waals surface area contributed by atoms with Gasteiger partial charge in [-0.1, -0.05) is 12.1 Å². The molecule has 2 heterocycles. The number of hydrogen-bond donors (Lipinski definition) is 0. The van der Waals surface area contributed by atoms with Crippen LogP contribution in [0.3, 0.4) is 0 Å². The molecule has 7 heteroatoms. The molecule has 2 aliphatic rings. The maximum absolute atomic E-state index is 14.3. The number of methoxy groups -OCH3 is 1. The largest absolute Gasteiger partial charge is 0.497 e. The molecule has 5 nitrogen and oxygen atoms in total. The summed E-state index contributed by atoms with van der Waals surface area (Å²) in [5.74, 6) is -3.15. The van der Waals surface area contributed by atoms with Gasteiger partial charge in [0.2, 0.25) is 0 Å². The summed E-state index contributed by atoms with van der Waals surface area (Å²) in [4.78, 5) is 13.1. The van der Waals surface area contributed by atoms with Crippen LogP contribution in [-0.4, -0.2) is 32.2 Å². The highest BCUT2D eigenvalue weighted by atomic mass is 19.3. The van der Waals surface area contributed by atoms with Crippen molar-refractivity contribution in [1.82, 2.24) is 0 Å². The summed E-state index contributed by atoms with van der Waals surface area (Å²) in [7, 11) is 1.50. The van der Waals surface area contributed by atoms with Crippen molar-refractivity contribution in [3.63, 3.8) is 0 Å². The van der Waals surface area contributed by atoms with Crippen molar-refractivity contribution in [2.75, 3.05) is 25.2 Å². The Morgan fingerprint density at radius 1 is 1.08 bits per heavy atom. The summed E-state index contributed by atoms with van der Waals surface area (Å²) >= 11 is 0. The van der Waals surface area contributed by atoms with E-state index in [1.807, 2.05) is 0 Å². The molecule has 1 atom stereocenters. The van der Waals surface area contributed by atoms with E-state index in [0.29, 0.717) is 41.7 Å². The van der Waals surface area contributed by atoms with Gasteiger partial charge in [-0.3, -0.25) is 9.69 Å². The quantitative estimate of drug-likeness (QED) is 0.800. The number of rotatable bonds is 3. The first-order chi connectivity index (χ1) is 12.0. The number of benzene rings is 2. The molecule has 1 fully saturated rings. The minimum atomic E-state index is -3.46. The second-order valence-corrected chi connectivity index (χ2v) is 5.80. The molecule has 0 radical (unpaired) electrons. The van der Waals surface area contributed by atoms with Crippen molar-refractivity contribution in [1.29, 1.82) is 0 Å². The van der Waals surface area contributed by atoms with Crippen LogP contribution in [0, 0.1) is 0 Å². The summed E-state index contributed by atoms with van der Waals surface area (Å²) < 4.78 is 44.5. The predicted octanol–water partition coefficient (Wildman–Crippen LogP) is 3.19. The van der Waals surface area contributed by atoms with Crippen molar-refractivity contribution in [2.45, 2.75) is 12.0 Å². The van der Waals surface area contributed by atoms with Crippen LogP contribution in [0.5, 0.6) is 17.2 Å². The highest BCUT2D eigenvalue weighted by Gasteiger charge is 2.64. The van der Waals surface area contributed by atoms with E-state index in [9.17, 15) is 13.6 Å². The minimum Gasteiger partial charge on any atom is -0.497 e. The van der Waals surface area contributed by atoms with E-state index in [1.54, 1.807) is 30.3 Å². The fourth-order valence-corrected chi connectivity index (χ4v) is 3.08. The third kappa shape index (κ3) is 2.38. The number of nitrogens with zero attached hydrogens (tertiary/aromatic N) is 1. The highest BCUT2D eigenvalue weighted by molar-refractivity contribution is 6.07. The third-order valence-corrected chi connectivity index (χ3v) is 4.34. The van der Waals surface area contributed by atoms with Crippen molar-refractivity contribution in [3.05, 3.63) is 48.0 Å². The molecule has 0 bridgehead atoms. The van der Waals surface area contributed by atoms with Crippen molar-refractivity contribution in [2.24, 2.45) is 0 Å². The Kier molecular flexibility index (Phi) is 3.52. The van der Waals surface area contributed by atoms with Gasteiger partial charge in [0.05, 0.1) is 7.11 Å². The van der Waals surface area contributed by atoms with Crippen LogP contribution in [0.2, 0.25) is 0 Å². The van der Waals surface area contributed by atoms with Gasteiger partial charge in [0, 0.05) is 11.8 Å². The van der Waals surface area contributed by atoms with Gasteiger partial charge in [-0.2, -0.15) is 8.78 Å². The number of amides is 1. The zero-order valence-corrected chi connectivity index (χ0v) is 13.4. The van der Waals surface area contributed by atoms with E-state index in [1.165, 1.54) is 19.2 Å². The second kappa shape index (κ2) is 5.61. The van der Waals surface area contributed by atoms with Crippen LogP contribution < -0.4 is 19.1 Å². The molecule has 0 unspecified atom stereocenters. The van der Waals surface area contributed by atoms with Gasteiger partial charge in [0.15, 0.2) is 11.5 Å². The van der Waals surface area contributed by atoms with Gasteiger partial charge < -0.3 is 14.2 Å². The Bertz CT molecular complexity index is 822. The molecule has 0 aliphatic carbocycles. The Morgan fingerprint density at radius 2 is 1.76 bits per heavy atom. The van der Waals surface area contributed by atoms with Crippen molar-refractivity contribution in [3.8, 4) is 17.2 Å². The maximum Gasteiger partial charge on any atom is 0.349 e. The zero-order chi connectivity index (χ0) is 17.6. The molecule has 130 valence electrons. The molecular formula is C18H15F2NO4. The van der Waals surface area contributed by atoms with Crippen LogP contribution in [0.15, 0.2) is 42.5 Å². The molecule has 2 aromatic carbocycles. The second-order valence-electron chi connectivity index (χ2n) is 5.80. The first-order valence-corrected chi connectivity index (χ1v) is 7.77. The Labute approximate surface area is 142 Å². The number of carbonyl (C=O) groups is 1. The zero-order valence-electron chi connectivity index (χ0n) is 13.4. The standard InChI is InChI=1S/C18H15F2NO4/c1-23-13-5-2-11(3-6-13)16-18(19,20)17(22)21(16)12-4-7-14-15(10-12)25-9-8-24-14/h2-7,10,16H,8-9H2,1H3/t16-/m0/s1. The predicted molar refractivity (Wildman–Crippen MR) is 85.6 cm³/mol. The summed E-state index contributed by atoms with van der Waals surface area (Å²) in [5, 5.41) is 0. The average molecular weight is 347 g/mol. The molecule has 1 amide bonds. The SMILES string of the molecule is COc1ccc([C@@H]2N(c3ccc4c(c3)OCCO4)C(=O)C2(F)F)cc1. The lowest BCUT2D eigenvalue weighted by atomic mass is 9.89. The summed E-state index contributed by atoms with van der Waals surface area (Å²) in [5.41, 5.74) is 0.682. The Morgan fingerprint density at radius 3 is 2.44 bits per heavy atom. The average Bonchev–Trinajstić information content (AvgIpc) is 2.65. The lowest BCUT2D eigenvalue weighted by Gasteiger charge is -2.46. The lowest BCUT2D eigenvalue weighted by Crippen LogP contribution is -2.64. The molecule has 0 aromatic heterocycles. The van der Waals surface area contributed by atoms with Gasteiger partial charge in [0.25, 0.3) is 0 Å². The van der Waals surface area contributed by atoms with E-state index in [2.05, 4.69) is 0 Å². The van der Waals surface area contributed by atoms with E-state index in [-0.39, 0.29) is 0 Å². The Hall–Kier alpha value is -2.83. The van der Waals surface area contributed by atoms with Gasteiger partial charge in [-0.05, 0) is 29.8 Å². The number of anilines is 1. The van der Waals surface area contributed by atoms with Crippen molar-refractivity contribution < 1.29 is 27.8 Å². The first kappa shape index (κ1) is 15.7. The molecular weight excluding hydrogens is 332 g/mol. The monoisotopic (exact) mass is 347 g/mol. The fraction of sp³-hybridized carbons (Fsp3) is 0.278. The number of halogens is 2. The van der Waals surface area contributed by atoms with Crippen LogP contribution in [0.25, 0.3) is 0 Å². The lowest BCUT2D eigenvalue weighted by molar-refractivity contribution is -0.162. The first-order valence-electron chi connectivity index (χ1n) is 7.77. The number of ether oxygens (including phenoxy) is 3. The molecule has 0 saturated carbocycles. The molecule has 1 saturated heterocycles. The summed E-state index contributed by atoms with van der Waals surface area (Å²) in [6.07, 6.45) is 0. The van der Waals surface area contributed by atoms with Crippen LogP contribution in [0.1, 0.15) is 11.6 Å². The van der Waals surface area contributed by atoms with E-state index in [0.717, 1.165) is 4.90 Å². The molecule has 0 N–H and O–H groups in total. The number of hydrogen-bond acceptors (Lipinski definition) is 4. The molecule has 4 rings (SSSR count). The topological polar surface area (TPSA) is 48.0 Å². The number of fused-ring (bicyclic) bond motifs is 1. The number of alkyl halides is 2. The van der Waals surface area contributed by atoms with Crippen LogP contribution in [-0.2, 0) is 4.79 Å². The van der Waals surface area contributed by atoms with Crippen LogP contribution in [0.4, 0.5) is 14.5 Å². The molecule has 25 heavy (non-hydrogen) atoms. The smallest absolute Gasteiger partial charge is 0.349 e. The number of β-lactam (4-membered cyclic amide) rings is 1. The third-order valence-electron chi connectivity index (χ3n) is 4.34. The summed E-state index contributed by atoms with van der Waals surface area (Å²) in [6.45, 7) is 0.810. The van der Waals surface area contributed by atoms with E-state index >= 15 is 0 Å². The van der Waals surface area contributed by atoms with Crippen LogP contribution >= 0.6 is 0 Å². The fourth-order valence-electron chi connectivity index (χ4n) is 3.08. The van der Waals surface area contributed by atoms with E-state index < -0.39 is 17.9 Å². The normalized spacial score (nSPS) is 20.8. The van der Waals surface area contributed by atoms with Gasteiger partial charge in [-0.15, -0.1) is 0 Å². The van der Waals surface area contributed by atoms with E-state index in [4.69, 9.17) is 14.2 Å². The molecule has 2 aromatic rings. The number of carbonyl (C=O) groups excluding carboxylic acids is 1. The Balaban J connectivity index is 1.71. The van der Waals surface area contributed by atoms with Gasteiger partial charge >= 0.3 is 11.8 Å². The molecule has 0 spiro atoms. The minimum absolute atomic E-state index is 0.334.